The standard InChI is InChI=1S/C25H31FN4O2/c26-23-8-4-3-7-22(23)25(32)30-17-15-28(16-18-30)19-24(31)27-20-9-11-21(12-10-20)29-13-5-1-2-6-14-29/h3-4,7-12H,1-2,5-6,13-19H2,(H,27,31). The number of nitrogens with one attached hydrogen (secondary N) is 1. The van der Waals surface area contributed by atoms with E-state index < -0.39 is 5.82 Å². The molecule has 0 aliphatic carbocycles. The Labute approximate surface area is 189 Å². The van der Waals surface area contributed by atoms with Gasteiger partial charge in [-0.15, -0.1) is 0 Å². The first-order valence-electron chi connectivity index (χ1n) is 11.5. The van der Waals surface area contributed by atoms with Crippen LogP contribution in [0, 0.1) is 5.82 Å². The maximum Gasteiger partial charge on any atom is 0.256 e. The van der Waals surface area contributed by atoms with Crippen molar-refractivity contribution in [2.75, 3.05) is 56.0 Å². The predicted octanol–water partition coefficient (Wildman–Crippen LogP) is 3.60. The molecule has 2 amide bonds. The van der Waals surface area contributed by atoms with E-state index in [1.54, 1.807) is 17.0 Å². The van der Waals surface area contributed by atoms with Crippen molar-refractivity contribution in [3.05, 3.63) is 59.9 Å². The van der Waals surface area contributed by atoms with Gasteiger partial charge in [-0.05, 0) is 49.2 Å². The van der Waals surface area contributed by atoms with E-state index in [4.69, 9.17) is 0 Å². The molecule has 2 aromatic rings. The number of anilines is 2. The van der Waals surface area contributed by atoms with Gasteiger partial charge in [0, 0.05) is 50.6 Å². The monoisotopic (exact) mass is 438 g/mol. The van der Waals surface area contributed by atoms with Crippen molar-refractivity contribution in [2.24, 2.45) is 0 Å². The van der Waals surface area contributed by atoms with Gasteiger partial charge in [0.25, 0.3) is 5.91 Å². The van der Waals surface area contributed by atoms with E-state index in [-0.39, 0.29) is 23.9 Å². The molecule has 4 rings (SSSR count). The molecule has 2 aromatic carbocycles. The van der Waals surface area contributed by atoms with Gasteiger partial charge in [-0.3, -0.25) is 14.5 Å². The summed E-state index contributed by atoms with van der Waals surface area (Å²) in [6.45, 7) is 4.59. The van der Waals surface area contributed by atoms with E-state index >= 15 is 0 Å². The van der Waals surface area contributed by atoms with Gasteiger partial charge < -0.3 is 15.1 Å². The van der Waals surface area contributed by atoms with Crippen LogP contribution in [0.2, 0.25) is 0 Å². The minimum atomic E-state index is -0.499. The fraction of sp³-hybridized carbons (Fsp3) is 0.440. The van der Waals surface area contributed by atoms with Crippen molar-refractivity contribution >= 4 is 23.2 Å². The first kappa shape index (κ1) is 22.3. The molecule has 6 nitrogen and oxygen atoms in total. The third kappa shape index (κ3) is 5.65. The highest BCUT2D eigenvalue weighted by Gasteiger charge is 2.24. The van der Waals surface area contributed by atoms with Gasteiger partial charge in [0.1, 0.15) is 5.82 Å². The Morgan fingerprint density at radius 2 is 1.47 bits per heavy atom. The van der Waals surface area contributed by atoms with Crippen LogP contribution in [0.4, 0.5) is 15.8 Å². The lowest BCUT2D eigenvalue weighted by Crippen LogP contribution is -2.50. The summed E-state index contributed by atoms with van der Waals surface area (Å²) in [5, 5.41) is 2.97. The van der Waals surface area contributed by atoms with Crippen LogP contribution in [0.25, 0.3) is 0 Å². The molecular weight excluding hydrogens is 407 g/mol. The minimum absolute atomic E-state index is 0.0681. The number of nitrogens with zero attached hydrogens (tertiary/aromatic N) is 3. The zero-order valence-electron chi connectivity index (χ0n) is 18.4. The second kappa shape index (κ2) is 10.6. The number of hydrogen-bond donors (Lipinski definition) is 1. The SMILES string of the molecule is O=C(CN1CCN(C(=O)c2ccccc2F)CC1)Nc1ccc(N2CCCCCC2)cc1. The third-order valence-corrected chi connectivity index (χ3v) is 6.25. The maximum absolute atomic E-state index is 13.9. The summed E-state index contributed by atoms with van der Waals surface area (Å²) in [7, 11) is 0. The Morgan fingerprint density at radius 3 is 2.12 bits per heavy atom. The topological polar surface area (TPSA) is 55.9 Å². The molecule has 170 valence electrons. The molecule has 0 aromatic heterocycles. The number of carbonyl (C=O) groups is 2. The molecule has 2 saturated heterocycles. The van der Waals surface area contributed by atoms with Crippen molar-refractivity contribution < 1.29 is 14.0 Å². The summed E-state index contributed by atoms with van der Waals surface area (Å²) in [6.07, 6.45) is 5.07. The summed E-state index contributed by atoms with van der Waals surface area (Å²) in [5.74, 6) is -0.862. The summed E-state index contributed by atoms with van der Waals surface area (Å²) < 4.78 is 13.9. The van der Waals surface area contributed by atoms with Gasteiger partial charge in [0.2, 0.25) is 5.91 Å². The van der Waals surface area contributed by atoms with Gasteiger partial charge in [-0.25, -0.2) is 4.39 Å². The molecule has 2 aliphatic heterocycles. The van der Waals surface area contributed by atoms with Crippen molar-refractivity contribution in [2.45, 2.75) is 25.7 Å². The molecule has 2 heterocycles. The third-order valence-electron chi connectivity index (χ3n) is 6.25. The second-order valence-electron chi connectivity index (χ2n) is 8.54. The zero-order chi connectivity index (χ0) is 22.3. The van der Waals surface area contributed by atoms with Crippen LogP contribution in [-0.4, -0.2) is 67.4 Å². The molecular formula is C25H31FN4O2. The Balaban J connectivity index is 1.24. The van der Waals surface area contributed by atoms with Crippen LogP contribution in [-0.2, 0) is 4.79 Å². The molecule has 2 fully saturated rings. The zero-order valence-corrected chi connectivity index (χ0v) is 18.4. The van der Waals surface area contributed by atoms with E-state index in [9.17, 15) is 14.0 Å². The van der Waals surface area contributed by atoms with E-state index in [1.807, 2.05) is 17.0 Å². The number of benzene rings is 2. The van der Waals surface area contributed by atoms with Gasteiger partial charge in [0.05, 0.1) is 12.1 Å². The van der Waals surface area contributed by atoms with Gasteiger partial charge >= 0.3 is 0 Å². The first-order chi connectivity index (χ1) is 15.6. The average molecular weight is 439 g/mol. The number of amides is 2. The Morgan fingerprint density at radius 1 is 0.812 bits per heavy atom. The Hall–Kier alpha value is -2.93. The predicted molar refractivity (Wildman–Crippen MR) is 124 cm³/mol. The average Bonchev–Trinajstić information content (AvgIpc) is 3.10. The van der Waals surface area contributed by atoms with E-state index in [1.165, 1.54) is 43.5 Å². The summed E-state index contributed by atoms with van der Waals surface area (Å²) >= 11 is 0. The van der Waals surface area contributed by atoms with Crippen LogP contribution >= 0.6 is 0 Å². The van der Waals surface area contributed by atoms with Crippen molar-refractivity contribution in [3.63, 3.8) is 0 Å². The number of carbonyl (C=O) groups excluding carboxylic acids is 2. The molecule has 0 saturated carbocycles. The van der Waals surface area contributed by atoms with Crippen LogP contribution < -0.4 is 10.2 Å². The highest BCUT2D eigenvalue weighted by Crippen LogP contribution is 2.21. The molecule has 1 N–H and O–H groups in total. The quantitative estimate of drug-likeness (QED) is 0.775. The van der Waals surface area contributed by atoms with Gasteiger partial charge in [-0.2, -0.15) is 0 Å². The highest BCUT2D eigenvalue weighted by molar-refractivity contribution is 5.94. The van der Waals surface area contributed by atoms with Crippen LogP contribution in [0.5, 0.6) is 0 Å². The first-order valence-corrected chi connectivity index (χ1v) is 11.5. The molecule has 0 radical (unpaired) electrons. The number of rotatable bonds is 5. The normalized spacial score (nSPS) is 17.7. The molecule has 0 unspecified atom stereocenters. The fourth-order valence-corrected chi connectivity index (χ4v) is 4.40. The van der Waals surface area contributed by atoms with Crippen molar-refractivity contribution in [3.8, 4) is 0 Å². The molecule has 0 bridgehead atoms. The maximum atomic E-state index is 13.9. The molecule has 0 spiro atoms. The summed E-state index contributed by atoms with van der Waals surface area (Å²) in [5.41, 5.74) is 2.10. The minimum Gasteiger partial charge on any atom is -0.372 e. The number of piperazine rings is 1. The molecule has 32 heavy (non-hydrogen) atoms. The van der Waals surface area contributed by atoms with Crippen LogP contribution in [0.3, 0.4) is 0 Å². The van der Waals surface area contributed by atoms with Gasteiger partial charge in [0.15, 0.2) is 0 Å². The molecule has 2 aliphatic rings. The van der Waals surface area contributed by atoms with Gasteiger partial charge in [-0.1, -0.05) is 25.0 Å². The lowest BCUT2D eigenvalue weighted by molar-refractivity contribution is -0.117. The fourth-order valence-electron chi connectivity index (χ4n) is 4.40. The number of halogens is 1. The second-order valence-corrected chi connectivity index (χ2v) is 8.54. The largest absolute Gasteiger partial charge is 0.372 e. The van der Waals surface area contributed by atoms with Crippen molar-refractivity contribution in [1.82, 2.24) is 9.80 Å². The summed E-state index contributed by atoms with van der Waals surface area (Å²) in [6, 6.07) is 14.1. The lowest BCUT2D eigenvalue weighted by Gasteiger charge is -2.34. The lowest BCUT2D eigenvalue weighted by atomic mass is 10.1. The Bertz CT molecular complexity index is 918. The molecule has 7 heteroatoms. The number of hydrogen-bond acceptors (Lipinski definition) is 4. The van der Waals surface area contributed by atoms with E-state index in [2.05, 4.69) is 22.3 Å². The van der Waals surface area contributed by atoms with Crippen LogP contribution in [0.1, 0.15) is 36.0 Å². The smallest absolute Gasteiger partial charge is 0.256 e. The van der Waals surface area contributed by atoms with Crippen LogP contribution in [0.15, 0.2) is 48.5 Å². The highest BCUT2D eigenvalue weighted by atomic mass is 19.1. The Kier molecular flexibility index (Phi) is 7.37. The van der Waals surface area contributed by atoms with Crippen molar-refractivity contribution in [1.29, 1.82) is 0 Å². The summed E-state index contributed by atoms with van der Waals surface area (Å²) in [4.78, 5) is 31.1. The van der Waals surface area contributed by atoms with E-state index in [0.717, 1.165) is 18.8 Å². The van der Waals surface area contributed by atoms with E-state index in [0.29, 0.717) is 26.2 Å². The molecule has 0 atom stereocenters.